The molecule has 1 amide bonds. The summed E-state index contributed by atoms with van der Waals surface area (Å²) in [6.45, 7) is 7.23. The van der Waals surface area contributed by atoms with Crippen LogP contribution in [0.1, 0.15) is 39.5 Å². The van der Waals surface area contributed by atoms with Crippen LogP contribution in [-0.4, -0.2) is 56.6 Å². The lowest BCUT2D eigenvalue weighted by Crippen LogP contribution is -3.06. The van der Waals surface area contributed by atoms with Crippen LogP contribution in [0, 0.1) is 0 Å². The number of carbonyl (C=O) groups is 1. The first-order chi connectivity index (χ1) is 8.52. The third kappa shape index (κ3) is 4.94. The van der Waals surface area contributed by atoms with Gasteiger partial charge in [0.25, 0.3) is 5.91 Å². The summed E-state index contributed by atoms with van der Waals surface area (Å²) in [6, 6.07) is 0.863. The van der Waals surface area contributed by atoms with Gasteiger partial charge in [-0.3, -0.25) is 4.79 Å². The Balaban J connectivity index is 2.22. The summed E-state index contributed by atoms with van der Waals surface area (Å²) in [5.74, 6) is 0.326. The summed E-state index contributed by atoms with van der Waals surface area (Å²) < 4.78 is 0. The molecule has 0 unspecified atom stereocenters. The van der Waals surface area contributed by atoms with Crippen LogP contribution in [0.4, 0.5) is 0 Å². The Hall–Kier alpha value is -0.610. The van der Waals surface area contributed by atoms with E-state index in [0.29, 0.717) is 24.5 Å². The average molecular weight is 257 g/mol. The number of amides is 1. The zero-order chi connectivity index (χ0) is 13.5. The van der Waals surface area contributed by atoms with E-state index >= 15 is 0 Å². The topological polar surface area (TPSA) is 41.4 Å². The number of nitrogens with one attached hydrogen (secondary N) is 1. The van der Waals surface area contributed by atoms with E-state index in [1.54, 1.807) is 0 Å². The predicted octanol–water partition coefficient (Wildman–Crippen LogP) is -1.13. The van der Waals surface area contributed by atoms with Crippen molar-refractivity contribution in [2.75, 3.05) is 33.7 Å². The largest absolute Gasteiger partial charge is 0.340 e. The molecule has 0 aromatic carbocycles. The van der Waals surface area contributed by atoms with Gasteiger partial charge in [0.15, 0.2) is 6.54 Å². The number of rotatable bonds is 6. The highest BCUT2D eigenvalue weighted by Crippen LogP contribution is 2.21. The molecule has 0 aromatic heterocycles. The molecule has 1 rings (SSSR count). The van der Waals surface area contributed by atoms with Gasteiger partial charge in [-0.05, 0) is 33.1 Å². The third-order valence-electron chi connectivity index (χ3n) is 3.89. The van der Waals surface area contributed by atoms with Gasteiger partial charge in [0.2, 0.25) is 0 Å². The predicted molar refractivity (Wildman–Crippen MR) is 73.6 cm³/mol. The van der Waals surface area contributed by atoms with E-state index in [1.807, 2.05) is 0 Å². The first-order valence-electron chi connectivity index (χ1n) is 7.44. The molecule has 1 fully saturated rings. The van der Waals surface area contributed by atoms with Gasteiger partial charge in [-0.2, -0.15) is 0 Å². The van der Waals surface area contributed by atoms with Gasteiger partial charge < -0.3 is 15.1 Å². The monoisotopic (exact) mass is 257 g/mol. The van der Waals surface area contributed by atoms with Crippen LogP contribution in [-0.2, 0) is 4.79 Å². The lowest BCUT2D eigenvalue weighted by atomic mass is 9.97. The minimum absolute atomic E-state index is 0.326. The van der Waals surface area contributed by atoms with E-state index in [4.69, 9.17) is 0 Å². The molecule has 4 heteroatoms. The van der Waals surface area contributed by atoms with Crippen molar-refractivity contribution in [1.29, 1.82) is 0 Å². The van der Waals surface area contributed by atoms with Gasteiger partial charge in [0, 0.05) is 18.5 Å². The van der Waals surface area contributed by atoms with Crippen molar-refractivity contribution in [3.63, 3.8) is 0 Å². The Morgan fingerprint density at radius 2 is 1.89 bits per heavy atom. The number of hydrogen-bond donors (Lipinski definition) is 2. The second kappa shape index (κ2) is 7.74. The Morgan fingerprint density at radius 3 is 2.44 bits per heavy atom. The highest BCUT2D eigenvalue weighted by Gasteiger charge is 2.29. The van der Waals surface area contributed by atoms with Gasteiger partial charge in [-0.1, -0.05) is 0 Å². The van der Waals surface area contributed by atoms with Crippen LogP contribution in [0.15, 0.2) is 0 Å². The summed E-state index contributed by atoms with van der Waals surface area (Å²) in [7, 11) is 4.34. The van der Waals surface area contributed by atoms with E-state index in [2.05, 4.69) is 38.2 Å². The zero-order valence-corrected chi connectivity index (χ0v) is 12.5. The summed E-state index contributed by atoms with van der Waals surface area (Å²) in [6.07, 6.45) is 4.78. The number of quaternary nitrogens is 2. The molecule has 0 bridgehead atoms. The molecule has 4 nitrogen and oxygen atoms in total. The third-order valence-corrected chi connectivity index (χ3v) is 3.89. The van der Waals surface area contributed by atoms with Crippen molar-refractivity contribution < 1.29 is 15.0 Å². The van der Waals surface area contributed by atoms with E-state index in [0.717, 1.165) is 6.54 Å². The second-order valence-electron chi connectivity index (χ2n) is 6.02. The molecule has 1 saturated heterocycles. The Bertz CT molecular complexity index is 245. The molecular weight excluding hydrogens is 226 g/mol. The average Bonchev–Trinajstić information content (AvgIpc) is 2.27. The molecule has 0 saturated carbocycles. The summed E-state index contributed by atoms with van der Waals surface area (Å²) in [4.78, 5) is 15.8. The molecule has 0 spiro atoms. The first kappa shape index (κ1) is 15.4. The number of nitrogens with zero attached hydrogens (tertiary/aromatic N) is 1. The second-order valence-corrected chi connectivity index (χ2v) is 6.02. The molecular formula is C14H31N3O+2. The molecule has 1 heterocycles. The Labute approximate surface area is 112 Å². The van der Waals surface area contributed by atoms with Crippen molar-refractivity contribution in [1.82, 2.24) is 4.90 Å². The van der Waals surface area contributed by atoms with Crippen molar-refractivity contribution >= 4 is 5.91 Å². The lowest BCUT2D eigenvalue weighted by Gasteiger charge is -2.38. The lowest BCUT2D eigenvalue weighted by molar-refractivity contribution is -0.860. The van der Waals surface area contributed by atoms with Gasteiger partial charge in [0.1, 0.15) is 0 Å². The Kier molecular flexibility index (Phi) is 6.65. The van der Waals surface area contributed by atoms with Crippen LogP contribution in [0.3, 0.4) is 0 Å². The SMILES string of the molecule is C[C@@H]1CCC[C@@H](C)N1C(=O)C[NH2+]CCC[NH+](C)C. The summed E-state index contributed by atoms with van der Waals surface area (Å²) >= 11 is 0. The molecule has 106 valence electrons. The Morgan fingerprint density at radius 1 is 1.28 bits per heavy atom. The van der Waals surface area contributed by atoms with Gasteiger partial charge in [-0.25, -0.2) is 0 Å². The highest BCUT2D eigenvalue weighted by atomic mass is 16.2. The van der Waals surface area contributed by atoms with Crippen molar-refractivity contribution in [3.8, 4) is 0 Å². The quantitative estimate of drug-likeness (QED) is 0.581. The van der Waals surface area contributed by atoms with Crippen LogP contribution in [0.2, 0.25) is 0 Å². The molecule has 1 aliphatic heterocycles. The maximum absolute atomic E-state index is 12.2. The van der Waals surface area contributed by atoms with Crippen LogP contribution in [0.25, 0.3) is 0 Å². The number of hydrogen-bond acceptors (Lipinski definition) is 1. The normalized spacial score (nSPS) is 24.6. The van der Waals surface area contributed by atoms with E-state index in [9.17, 15) is 4.79 Å². The fourth-order valence-corrected chi connectivity index (χ4v) is 2.84. The van der Waals surface area contributed by atoms with Crippen molar-refractivity contribution in [3.05, 3.63) is 0 Å². The van der Waals surface area contributed by atoms with Gasteiger partial charge in [-0.15, -0.1) is 0 Å². The van der Waals surface area contributed by atoms with Gasteiger partial charge in [0.05, 0.1) is 27.2 Å². The maximum atomic E-state index is 12.2. The molecule has 0 aromatic rings. The van der Waals surface area contributed by atoms with Crippen LogP contribution in [0.5, 0.6) is 0 Å². The number of carbonyl (C=O) groups excluding carboxylic acids is 1. The van der Waals surface area contributed by atoms with Crippen LogP contribution >= 0.6 is 0 Å². The van der Waals surface area contributed by atoms with E-state index < -0.39 is 0 Å². The molecule has 0 aliphatic carbocycles. The fraction of sp³-hybridized carbons (Fsp3) is 0.929. The van der Waals surface area contributed by atoms with Crippen molar-refractivity contribution in [2.24, 2.45) is 0 Å². The minimum atomic E-state index is 0.326. The first-order valence-corrected chi connectivity index (χ1v) is 7.44. The molecule has 3 N–H and O–H groups in total. The van der Waals surface area contributed by atoms with Crippen LogP contribution < -0.4 is 10.2 Å². The summed E-state index contributed by atoms with van der Waals surface area (Å²) in [5.41, 5.74) is 0. The van der Waals surface area contributed by atoms with E-state index in [-0.39, 0.29) is 0 Å². The van der Waals surface area contributed by atoms with Crippen molar-refractivity contribution in [2.45, 2.75) is 51.6 Å². The number of piperidine rings is 1. The highest BCUT2D eigenvalue weighted by molar-refractivity contribution is 5.77. The molecule has 18 heavy (non-hydrogen) atoms. The molecule has 0 radical (unpaired) electrons. The number of nitrogens with two attached hydrogens (primary N) is 1. The smallest absolute Gasteiger partial charge is 0.278 e. The maximum Gasteiger partial charge on any atom is 0.278 e. The van der Waals surface area contributed by atoms with Gasteiger partial charge >= 0.3 is 0 Å². The minimum Gasteiger partial charge on any atom is -0.340 e. The fourth-order valence-electron chi connectivity index (χ4n) is 2.84. The standard InChI is InChI=1S/C14H29N3O/c1-12-7-5-8-13(2)17(12)14(18)11-15-9-6-10-16(3)4/h12-13,15H,5-11H2,1-4H3/p+2/t12-,13-/m1/s1. The van der Waals surface area contributed by atoms with E-state index in [1.165, 1.54) is 37.1 Å². The zero-order valence-electron chi connectivity index (χ0n) is 12.5. The summed E-state index contributed by atoms with van der Waals surface area (Å²) in [5, 5.41) is 2.17. The number of likely N-dealkylation sites (tertiary alicyclic amines) is 1. The molecule has 2 atom stereocenters. The molecule has 1 aliphatic rings.